The minimum absolute atomic E-state index is 0.0874. The van der Waals surface area contributed by atoms with Crippen molar-refractivity contribution in [2.45, 2.75) is 13.0 Å². The maximum Gasteiger partial charge on any atom is 0.252 e. The van der Waals surface area contributed by atoms with Gasteiger partial charge in [0.25, 0.3) is 5.91 Å². The molecule has 1 heterocycles. The number of carbonyl (C=O) groups excluding carboxylic acids is 1. The number of halogens is 3. The Morgan fingerprint density at radius 3 is 2.56 bits per heavy atom. The monoisotopic (exact) mass is 394 g/mol. The van der Waals surface area contributed by atoms with Gasteiger partial charge in [0.15, 0.2) is 4.80 Å². The SMILES string of the molecule is C=CCn1c(=NC(=O)Cc2ccc(F)cc2)sc2c(Cl)ccc(Cl)c21. The lowest BCUT2D eigenvalue weighted by atomic mass is 10.1. The second kappa shape index (κ2) is 7.52. The lowest BCUT2D eigenvalue weighted by molar-refractivity contribution is -0.117. The molecule has 0 radical (unpaired) electrons. The summed E-state index contributed by atoms with van der Waals surface area (Å²) in [6.07, 6.45) is 1.79. The lowest BCUT2D eigenvalue weighted by Crippen LogP contribution is -2.17. The number of benzene rings is 2. The van der Waals surface area contributed by atoms with Gasteiger partial charge in [0, 0.05) is 6.54 Å². The van der Waals surface area contributed by atoms with Gasteiger partial charge in [0.05, 0.1) is 26.7 Å². The number of hydrogen-bond donors (Lipinski definition) is 0. The van der Waals surface area contributed by atoms with Crippen LogP contribution in [0.15, 0.2) is 54.0 Å². The zero-order valence-corrected chi connectivity index (χ0v) is 15.3. The molecule has 0 N–H and O–H groups in total. The molecule has 3 nitrogen and oxygen atoms in total. The summed E-state index contributed by atoms with van der Waals surface area (Å²) in [4.78, 5) is 17.0. The average Bonchev–Trinajstić information content (AvgIpc) is 2.93. The predicted octanol–water partition coefficient (Wildman–Crippen LogP) is 5.00. The summed E-state index contributed by atoms with van der Waals surface area (Å²) in [5.41, 5.74) is 1.43. The predicted molar refractivity (Wildman–Crippen MR) is 101 cm³/mol. The molecule has 128 valence electrons. The molecule has 0 aliphatic carbocycles. The van der Waals surface area contributed by atoms with Gasteiger partial charge in [-0.2, -0.15) is 4.99 Å². The van der Waals surface area contributed by atoms with E-state index in [1.165, 1.54) is 23.5 Å². The molecule has 3 aromatic rings. The van der Waals surface area contributed by atoms with Gasteiger partial charge in [-0.1, -0.05) is 52.7 Å². The Hall–Kier alpha value is -1.95. The topological polar surface area (TPSA) is 34.4 Å². The fourth-order valence-electron chi connectivity index (χ4n) is 2.42. The maximum absolute atomic E-state index is 13.0. The standard InChI is InChI=1S/C18H13Cl2FN2OS/c1-2-9-23-16-13(19)7-8-14(20)17(16)25-18(23)22-15(24)10-11-3-5-12(21)6-4-11/h2-8H,1,9-10H2. The third-order valence-corrected chi connectivity index (χ3v) is 5.37. The Morgan fingerprint density at radius 1 is 1.20 bits per heavy atom. The highest BCUT2D eigenvalue weighted by molar-refractivity contribution is 7.17. The van der Waals surface area contributed by atoms with Crippen LogP contribution in [0.1, 0.15) is 5.56 Å². The molecule has 2 aromatic carbocycles. The van der Waals surface area contributed by atoms with E-state index >= 15 is 0 Å². The molecule has 0 unspecified atom stereocenters. The van der Waals surface area contributed by atoms with E-state index in [4.69, 9.17) is 23.2 Å². The third kappa shape index (κ3) is 3.84. The van der Waals surface area contributed by atoms with Crippen LogP contribution in [0.2, 0.25) is 10.0 Å². The van der Waals surface area contributed by atoms with E-state index < -0.39 is 0 Å². The number of aromatic nitrogens is 1. The van der Waals surface area contributed by atoms with E-state index in [9.17, 15) is 9.18 Å². The highest BCUT2D eigenvalue weighted by atomic mass is 35.5. The van der Waals surface area contributed by atoms with Crippen LogP contribution in [-0.2, 0) is 17.8 Å². The first-order valence-electron chi connectivity index (χ1n) is 7.40. The first-order chi connectivity index (χ1) is 12.0. The first-order valence-corrected chi connectivity index (χ1v) is 8.97. The van der Waals surface area contributed by atoms with E-state index in [-0.39, 0.29) is 18.1 Å². The number of thiazole rings is 1. The van der Waals surface area contributed by atoms with Crippen LogP contribution in [0, 0.1) is 5.82 Å². The van der Waals surface area contributed by atoms with Crippen molar-refractivity contribution >= 4 is 50.7 Å². The van der Waals surface area contributed by atoms with Crippen molar-refractivity contribution in [1.82, 2.24) is 4.57 Å². The molecular formula is C18H13Cl2FN2OS. The van der Waals surface area contributed by atoms with Crippen molar-refractivity contribution in [2.24, 2.45) is 4.99 Å². The maximum atomic E-state index is 13.0. The quantitative estimate of drug-likeness (QED) is 0.573. The lowest BCUT2D eigenvalue weighted by Gasteiger charge is -2.03. The Labute approximate surface area is 157 Å². The number of hydrogen-bond acceptors (Lipinski definition) is 2. The Kier molecular flexibility index (Phi) is 5.37. The normalized spacial score (nSPS) is 11.9. The third-order valence-electron chi connectivity index (χ3n) is 3.53. The van der Waals surface area contributed by atoms with Gasteiger partial charge in [0.1, 0.15) is 5.82 Å². The second-order valence-corrected chi connectivity index (χ2v) is 7.09. The fourth-order valence-corrected chi connectivity index (χ4v) is 4.09. The van der Waals surface area contributed by atoms with Crippen LogP contribution in [0.3, 0.4) is 0 Å². The zero-order chi connectivity index (χ0) is 18.0. The van der Waals surface area contributed by atoms with Gasteiger partial charge in [0.2, 0.25) is 0 Å². The number of carbonyl (C=O) groups is 1. The molecule has 0 spiro atoms. The molecule has 0 fully saturated rings. The van der Waals surface area contributed by atoms with Crippen molar-refractivity contribution < 1.29 is 9.18 Å². The van der Waals surface area contributed by atoms with Crippen LogP contribution in [-0.4, -0.2) is 10.5 Å². The minimum Gasteiger partial charge on any atom is -0.311 e. The summed E-state index contributed by atoms with van der Waals surface area (Å²) >= 11 is 13.8. The molecule has 7 heteroatoms. The summed E-state index contributed by atoms with van der Waals surface area (Å²) in [7, 11) is 0. The zero-order valence-electron chi connectivity index (χ0n) is 13.0. The van der Waals surface area contributed by atoms with Crippen LogP contribution in [0.5, 0.6) is 0 Å². The summed E-state index contributed by atoms with van der Waals surface area (Å²) in [5, 5.41) is 1.08. The second-order valence-electron chi connectivity index (χ2n) is 5.30. The molecule has 0 saturated carbocycles. The highest BCUT2D eigenvalue weighted by Gasteiger charge is 2.13. The van der Waals surface area contributed by atoms with E-state index in [2.05, 4.69) is 11.6 Å². The van der Waals surface area contributed by atoms with Gasteiger partial charge in [-0.3, -0.25) is 4.79 Å². The van der Waals surface area contributed by atoms with Gasteiger partial charge >= 0.3 is 0 Å². The van der Waals surface area contributed by atoms with E-state index in [0.29, 0.717) is 27.0 Å². The number of amides is 1. The van der Waals surface area contributed by atoms with Gasteiger partial charge < -0.3 is 4.57 Å². The summed E-state index contributed by atoms with van der Waals surface area (Å²) in [5.74, 6) is -0.672. The smallest absolute Gasteiger partial charge is 0.252 e. The molecule has 25 heavy (non-hydrogen) atoms. The van der Waals surface area contributed by atoms with Crippen molar-refractivity contribution in [3.05, 3.63) is 75.3 Å². The van der Waals surface area contributed by atoms with Crippen molar-refractivity contribution in [2.75, 3.05) is 0 Å². The van der Waals surface area contributed by atoms with Crippen LogP contribution in [0.4, 0.5) is 4.39 Å². The minimum atomic E-state index is -0.342. The van der Waals surface area contributed by atoms with E-state index in [0.717, 1.165) is 10.2 Å². The van der Waals surface area contributed by atoms with Gasteiger partial charge in [-0.25, -0.2) is 4.39 Å². The first kappa shape index (κ1) is 17.9. The largest absolute Gasteiger partial charge is 0.311 e. The Morgan fingerprint density at radius 2 is 1.88 bits per heavy atom. The van der Waals surface area contributed by atoms with Crippen LogP contribution >= 0.6 is 34.5 Å². The molecule has 0 bridgehead atoms. The molecule has 1 aromatic heterocycles. The van der Waals surface area contributed by atoms with Crippen molar-refractivity contribution in [1.29, 1.82) is 0 Å². The van der Waals surface area contributed by atoms with Crippen LogP contribution < -0.4 is 4.80 Å². The van der Waals surface area contributed by atoms with E-state index in [1.54, 1.807) is 30.3 Å². The molecule has 0 aliphatic heterocycles. The molecular weight excluding hydrogens is 382 g/mol. The summed E-state index contributed by atoms with van der Waals surface area (Å²) in [6.45, 7) is 4.18. The van der Waals surface area contributed by atoms with Crippen LogP contribution in [0.25, 0.3) is 10.2 Å². The number of fused-ring (bicyclic) bond motifs is 1. The number of nitrogens with zero attached hydrogens (tertiary/aromatic N) is 2. The summed E-state index contributed by atoms with van der Waals surface area (Å²) in [6, 6.07) is 9.20. The van der Waals surface area contributed by atoms with Gasteiger partial charge in [-0.05, 0) is 29.8 Å². The fraction of sp³-hybridized carbons (Fsp3) is 0.111. The molecule has 3 rings (SSSR count). The Balaban J connectivity index is 2.05. The number of rotatable bonds is 4. The Bertz CT molecular complexity index is 1020. The number of allylic oxidation sites excluding steroid dienone is 1. The van der Waals surface area contributed by atoms with Crippen molar-refractivity contribution in [3.8, 4) is 0 Å². The summed E-state index contributed by atoms with van der Waals surface area (Å²) < 4.78 is 15.5. The molecule has 0 saturated heterocycles. The van der Waals surface area contributed by atoms with Gasteiger partial charge in [-0.15, -0.1) is 6.58 Å². The molecule has 1 amide bonds. The van der Waals surface area contributed by atoms with E-state index in [1.807, 2.05) is 4.57 Å². The average molecular weight is 395 g/mol. The molecule has 0 atom stereocenters. The van der Waals surface area contributed by atoms with Crippen molar-refractivity contribution in [3.63, 3.8) is 0 Å². The highest BCUT2D eigenvalue weighted by Crippen LogP contribution is 2.31. The molecule has 0 aliphatic rings.